The number of hydrogen-bond donors (Lipinski definition) is 1. The molecular formula is C16H35NO. The fraction of sp³-hybridized carbons (Fsp3) is 1.00. The summed E-state index contributed by atoms with van der Waals surface area (Å²) in [6.45, 7) is 13.1. The molecule has 0 aromatic rings. The van der Waals surface area contributed by atoms with E-state index in [0.717, 1.165) is 19.1 Å². The van der Waals surface area contributed by atoms with Crippen molar-refractivity contribution in [2.45, 2.75) is 85.3 Å². The van der Waals surface area contributed by atoms with Gasteiger partial charge in [-0.15, -0.1) is 0 Å². The van der Waals surface area contributed by atoms with E-state index in [1.54, 1.807) is 0 Å². The Hall–Kier alpha value is -0.0800. The molecule has 1 N–H and O–H groups in total. The normalized spacial score (nSPS) is 15.0. The van der Waals surface area contributed by atoms with Gasteiger partial charge in [-0.3, -0.25) is 0 Å². The van der Waals surface area contributed by atoms with Crippen LogP contribution in [-0.2, 0) is 4.74 Å². The quantitative estimate of drug-likeness (QED) is 0.560. The van der Waals surface area contributed by atoms with Crippen LogP contribution in [0.3, 0.4) is 0 Å². The van der Waals surface area contributed by atoms with Gasteiger partial charge in [-0.05, 0) is 18.8 Å². The highest BCUT2D eigenvalue weighted by Gasteiger charge is 2.12. The molecule has 0 aromatic heterocycles. The summed E-state index contributed by atoms with van der Waals surface area (Å²) in [5, 5.41) is 3.49. The average molecular weight is 257 g/mol. The van der Waals surface area contributed by atoms with E-state index in [4.69, 9.17) is 4.74 Å². The largest absolute Gasteiger partial charge is 0.377 e. The van der Waals surface area contributed by atoms with Gasteiger partial charge in [0.2, 0.25) is 0 Å². The van der Waals surface area contributed by atoms with Crippen molar-refractivity contribution in [3.05, 3.63) is 0 Å². The van der Waals surface area contributed by atoms with E-state index in [9.17, 15) is 0 Å². The predicted molar refractivity (Wildman–Crippen MR) is 81.1 cm³/mol. The first kappa shape index (κ1) is 17.9. The monoisotopic (exact) mass is 257 g/mol. The van der Waals surface area contributed by atoms with Gasteiger partial charge in [0.1, 0.15) is 0 Å². The van der Waals surface area contributed by atoms with E-state index >= 15 is 0 Å². The number of nitrogens with one attached hydrogen (secondary N) is 1. The number of hydrogen-bond acceptors (Lipinski definition) is 2. The highest BCUT2D eigenvalue weighted by molar-refractivity contribution is 4.65. The molecule has 2 unspecified atom stereocenters. The van der Waals surface area contributed by atoms with E-state index < -0.39 is 0 Å². The molecule has 0 saturated carbocycles. The smallest absolute Gasteiger partial charge is 0.0699 e. The zero-order chi connectivity index (χ0) is 13.8. The van der Waals surface area contributed by atoms with Crippen molar-refractivity contribution >= 4 is 0 Å². The Balaban J connectivity index is 3.90. The van der Waals surface area contributed by atoms with Crippen LogP contribution in [0.2, 0.25) is 0 Å². The Bertz CT molecular complexity index is 170. The second-order valence-electron chi connectivity index (χ2n) is 5.72. The van der Waals surface area contributed by atoms with Gasteiger partial charge in [-0.1, -0.05) is 60.3 Å². The molecule has 2 heteroatoms. The van der Waals surface area contributed by atoms with Gasteiger partial charge in [0, 0.05) is 19.2 Å². The SMILES string of the molecule is CCCCC(CC)COC(CCC)CNC(C)C. The minimum atomic E-state index is 0.396. The maximum Gasteiger partial charge on any atom is 0.0699 e. The molecule has 0 spiro atoms. The molecule has 0 aliphatic rings. The Morgan fingerprint density at radius 2 is 1.72 bits per heavy atom. The van der Waals surface area contributed by atoms with E-state index in [-0.39, 0.29) is 0 Å². The summed E-state index contributed by atoms with van der Waals surface area (Å²) in [5.74, 6) is 0.753. The summed E-state index contributed by atoms with van der Waals surface area (Å²) in [7, 11) is 0. The molecule has 0 radical (unpaired) electrons. The van der Waals surface area contributed by atoms with Crippen molar-refractivity contribution in [1.29, 1.82) is 0 Å². The third-order valence-corrected chi connectivity index (χ3v) is 3.48. The standard InChI is InChI=1S/C16H35NO/c1-6-9-11-15(8-3)13-18-16(10-7-2)12-17-14(4)5/h14-17H,6-13H2,1-5H3. The second kappa shape index (κ2) is 12.0. The molecule has 110 valence electrons. The lowest BCUT2D eigenvalue weighted by molar-refractivity contribution is 0.0200. The van der Waals surface area contributed by atoms with Crippen LogP contribution in [0.25, 0.3) is 0 Å². The van der Waals surface area contributed by atoms with Crippen LogP contribution in [-0.4, -0.2) is 25.3 Å². The molecular weight excluding hydrogens is 222 g/mol. The maximum absolute atomic E-state index is 6.12. The van der Waals surface area contributed by atoms with Crippen LogP contribution < -0.4 is 5.32 Å². The number of unbranched alkanes of at least 4 members (excludes halogenated alkanes) is 1. The van der Waals surface area contributed by atoms with E-state index in [2.05, 4.69) is 39.9 Å². The lowest BCUT2D eigenvalue weighted by Crippen LogP contribution is -2.34. The topological polar surface area (TPSA) is 21.3 Å². The van der Waals surface area contributed by atoms with Crippen LogP contribution in [0.5, 0.6) is 0 Å². The molecule has 18 heavy (non-hydrogen) atoms. The van der Waals surface area contributed by atoms with Gasteiger partial charge in [-0.2, -0.15) is 0 Å². The van der Waals surface area contributed by atoms with Crippen molar-refractivity contribution in [3.8, 4) is 0 Å². The van der Waals surface area contributed by atoms with E-state index in [1.807, 2.05) is 0 Å². The van der Waals surface area contributed by atoms with Gasteiger partial charge < -0.3 is 10.1 Å². The zero-order valence-corrected chi connectivity index (χ0v) is 13.3. The van der Waals surface area contributed by atoms with Crippen molar-refractivity contribution in [2.75, 3.05) is 13.2 Å². The number of rotatable bonds is 12. The highest BCUT2D eigenvalue weighted by Crippen LogP contribution is 2.14. The molecule has 0 saturated heterocycles. The fourth-order valence-corrected chi connectivity index (χ4v) is 2.10. The van der Waals surface area contributed by atoms with Crippen molar-refractivity contribution in [3.63, 3.8) is 0 Å². The lowest BCUT2D eigenvalue weighted by atomic mass is 10.0. The van der Waals surface area contributed by atoms with E-state index in [1.165, 1.54) is 38.5 Å². The first-order valence-corrected chi connectivity index (χ1v) is 7.98. The summed E-state index contributed by atoms with van der Waals surface area (Å²) in [6.07, 6.45) is 7.97. The van der Waals surface area contributed by atoms with Crippen molar-refractivity contribution in [1.82, 2.24) is 5.32 Å². The third-order valence-electron chi connectivity index (χ3n) is 3.48. The molecule has 0 aliphatic heterocycles. The number of ether oxygens (including phenoxy) is 1. The predicted octanol–water partition coefficient (Wildman–Crippen LogP) is 4.39. The maximum atomic E-state index is 6.12. The van der Waals surface area contributed by atoms with Gasteiger partial charge in [-0.25, -0.2) is 0 Å². The summed E-state index contributed by atoms with van der Waals surface area (Å²) in [6, 6.07) is 0.551. The molecule has 0 bridgehead atoms. The second-order valence-corrected chi connectivity index (χ2v) is 5.72. The van der Waals surface area contributed by atoms with Crippen LogP contribution in [0, 0.1) is 5.92 Å². The summed E-state index contributed by atoms with van der Waals surface area (Å²) in [5.41, 5.74) is 0. The molecule has 0 heterocycles. The van der Waals surface area contributed by atoms with Crippen LogP contribution in [0.1, 0.15) is 73.1 Å². The lowest BCUT2D eigenvalue weighted by Gasteiger charge is -2.22. The first-order valence-electron chi connectivity index (χ1n) is 7.98. The van der Waals surface area contributed by atoms with Gasteiger partial charge in [0.25, 0.3) is 0 Å². The van der Waals surface area contributed by atoms with Crippen LogP contribution >= 0.6 is 0 Å². The molecule has 2 nitrogen and oxygen atoms in total. The highest BCUT2D eigenvalue weighted by atomic mass is 16.5. The molecule has 0 fully saturated rings. The minimum absolute atomic E-state index is 0.396. The average Bonchev–Trinajstić information content (AvgIpc) is 2.35. The Labute approximate surface area is 115 Å². The summed E-state index contributed by atoms with van der Waals surface area (Å²) < 4.78 is 6.12. The van der Waals surface area contributed by atoms with Gasteiger partial charge >= 0.3 is 0 Å². The van der Waals surface area contributed by atoms with Crippen molar-refractivity contribution < 1.29 is 4.74 Å². The molecule has 0 rings (SSSR count). The van der Waals surface area contributed by atoms with Crippen LogP contribution in [0.15, 0.2) is 0 Å². The van der Waals surface area contributed by atoms with Gasteiger partial charge in [0.15, 0.2) is 0 Å². The Morgan fingerprint density at radius 3 is 2.22 bits per heavy atom. The van der Waals surface area contributed by atoms with Crippen molar-refractivity contribution in [2.24, 2.45) is 5.92 Å². The zero-order valence-electron chi connectivity index (χ0n) is 13.3. The van der Waals surface area contributed by atoms with Gasteiger partial charge in [0.05, 0.1) is 6.10 Å². The van der Waals surface area contributed by atoms with E-state index in [0.29, 0.717) is 12.1 Å². The fourth-order valence-electron chi connectivity index (χ4n) is 2.10. The summed E-state index contributed by atoms with van der Waals surface area (Å²) in [4.78, 5) is 0. The molecule has 0 aromatic carbocycles. The third kappa shape index (κ3) is 9.90. The molecule has 2 atom stereocenters. The Kier molecular flexibility index (Phi) is 11.9. The Morgan fingerprint density at radius 1 is 1.00 bits per heavy atom. The molecule has 0 aliphatic carbocycles. The first-order chi connectivity index (χ1) is 8.63. The summed E-state index contributed by atoms with van der Waals surface area (Å²) >= 11 is 0. The molecule has 0 amide bonds. The van der Waals surface area contributed by atoms with Crippen LogP contribution in [0.4, 0.5) is 0 Å². The minimum Gasteiger partial charge on any atom is -0.377 e.